The minimum Gasteiger partial charge on any atom is -0.481 e. The number of carbonyl (C=O) groups excluding carboxylic acids is 2. The Labute approximate surface area is 169 Å². The van der Waals surface area contributed by atoms with E-state index in [9.17, 15) is 9.59 Å². The third kappa shape index (κ3) is 5.48. The highest BCUT2D eigenvalue weighted by atomic mass is 16.5. The largest absolute Gasteiger partial charge is 0.481 e. The number of hydrogen-bond acceptors (Lipinski definition) is 4. The molecule has 2 aromatic carbocycles. The summed E-state index contributed by atoms with van der Waals surface area (Å²) in [4.78, 5) is 24.9. The third-order valence-electron chi connectivity index (χ3n) is 4.41. The standard InChI is InChI=1S/C23H24N2O4/c1-15-9-10-16(2)21(12-15)29-17(3)22(26)25-19-7-4-6-18(13-19)23(27)24-14-20-8-5-11-28-20/h4-13,17H,14H2,1-3H3,(H,24,27)(H,25,26). The molecule has 0 aliphatic heterocycles. The van der Waals surface area contributed by atoms with Crippen molar-refractivity contribution in [1.29, 1.82) is 0 Å². The van der Waals surface area contributed by atoms with Crippen molar-refractivity contribution in [3.05, 3.63) is 83.3 Å². The number of nitrogens with one attached hydrogen (secondary N) is 2. The molecule has 1 unspecified atom stereocenters. The zero-order valence-corrected chi connectivity index (χ0v) is 16.7. The van der Waals surface area contributed by atoms with Crippen molar-refractivity contribution in [1.82, 2.24) is 5.32 Å². The first-order chi connectivity index (χ1) is 13.9. The zero-order valence-electron chi connectivity index (χ0n) is 16.7. The second-order valence-corrected chi connectivity index (χ2v) is 6.86. The van der Waals surface area contributed by atoms with Crippen molar-refractivity contribution in [2.75, 3.05) is 5.32 Å². The summed E-state index contributed by atoms with van der Waals surface area (Å²) in [5.41, 5.74) is 2.99. The van der Waals surface area contributed by atoms with Crippen LogP contribution in [0.25, 0.3) is 0 Å². The van der Waals surface area contributed by atoms with Gasteiger partial charge in [-0.05, 0) is 68.3 Å². The molecule has 0 bridgehead atoms. The van der Waals surface area contributed by atoms with Crippen molar-refractivity contribution in [3.63, 3.8) is 0 Å². The van der Waals surface area contributed by atoms with Gasteiger partial charge in [-0.3, -0.25) is 9.59 Å². The number of aryl methyl sites for hydroxylation is 2. The summed E-state index contributed by atoms with van der Waals surface area (Å²) < 4.78 is 11.0. The Balaban J connectivity index is 1.60. The van der Waals surface area contributed by atoms with Gasteiger partial charge in [-0.25, -0.2) is 0 Å². The second-order valence-electron chi connectivity index (χ2n) is 6.86. The predicted molar refractivity (Wildman–Crippen MR) is 111 cm³/mol. The maximum Gasteiger partial charge on any atom is 0.265 e. The van der Waals surface area contributed by atoms with Crippen LogP contribution in [0.2, 0.25) is 0 Å². The molecular weight excluding hydrogens is 368 g/mol. The van der Waals surface area contributed by atoms with Crippen LogP contribution in [-0.4, -0.2) is 17.9 Å². The van der Waals surface area contributed by atoms with Gasteiger partial charge in [0.1, 0.15) is 11.5 Å². The quantitative estimate of drug-likeness (QED) is 0.630. The van der Waals surface area contributed by atoms with Crippen LogP contribution in [0.3, 0.4) is 0 Å². The molecule has 2 amide bonds. The summed E-state index contributed by atoms with van der Waals surface area (Å²) in [6.45, 7) is 5.89. The lowest BCUT2D eigenvalue weighted by atomic mass is 10.1. The summed E-state index contributed by atoms with van der Waals surface area (Å²) in [6, 6.07) is 16.2. The van der Waals surface area contributed by atoms with Gasteiger partial charge in [0.2, 0.25) is 0 Å². The second kappa shape index (κ2) is 9.10. The first-order valence-electron chi connectivity index (χ1n) is 9.38. The first-order valence-corrected chi connectivity index (χ1v) is 9.38. The van der Waals surface area contributed by atoms with Crippen LogP contribution in [0, 0.1) is 13.8 Å². The topological polar surface area (TPSA) is 80.6 Å². The minimum absolute atomic E-state index is 0.253. The fourth-order valence-electron chi connectivity index (χ4n) is 2.74. The lowest BCUT2D eigenvalue weighted by molar-refractivity contribution is -0.122. The molecule has 0 saturated carbocycles. The molecule has 6 heteroatoms. The van der Waals surface area contributed by atoms with E-state index in [2.05, 4.69) is 10.6 Å². The van der Waals surface area contributed by atoms with Crippen LogP contribution in [0.4, 0.5) is 5.69 Å². The van der Waals surface area contributed by atoms with Gasteiger partial charge < -0.3 is 19.8 Å². The number of anilines is 1. The average Bonchev–Trinajstić information content (AvgIpc) is 3.22. The van der Waals surface area contributed by atoms with Crippen molar-refractivity contribution in [2.24, 2.45) is 0 Å². The highest BCUT2D eigenvalue weighted by Crippen LogP contribution is 2.21. The fourth-order valence-corrected chi connectivity index (χ4v) is 2.74. The predicted octanol–water partition coefficient (Wildman–Crippen LogP) is 4.23. The number of amides is 2. The summed E-state index contributed by atoms with van der Waals surface area (Å²) in [7, 11) is 0. The smallest absolute Gasteiger partial charge is 0.265 e. The van der Waals surface area contributed by atoms with E-state index in [0.29, 0.717) is 29.3 Å². The lowest BCUT2D eigenvalue weighted by Gasteiger charge is -2.17. The number of rotatable bonds is 7. The molecule has 2 N–H and O–H groups in total. The van der Waals surface area contributed by atoms with E-state index >= 15 is 0 Å². The molecule has 0 fully saturated rings. The van der Waals surface area contributed by atoms with Gasteiger partial charge in [-0.2, -0.15) is 0 Å². The Morgan fingerprint density at radius 2 is 1.90 bits per heavy atom. The van der Waals surface area contributed by atoms with Gasteiger partial charge in [0.25, 0.3) is 11.8 Å². The third-order valence-corrected chi connectivity index (χ3v) is 4.41. The first kappa shape index (κ1) is 20.2. The highest BCUT2D eigenvalue weighted by Gasteiger charge is 2.17. The SMILES string of the molecule is Cc1ccc(C)c(OC(C)C(=O)Nc2cccc(C(=O)NCc3ccco3)c2)c1. The molecule has 3 rings (SSSR count). The Hall–Kier alpha value is -3.54. The Kier molecular flexibility index (Phi) is 6.34. The summed E-state index contributed by atoms with van der Waals surface area (Å²) in [5.74, 6) is 0.801. The Morgan fingerprint density at radius 1 is 1.07 bits per heavy atom. The van der Waals surface area contributed by atoms with Crippen LogP contribution < -0.4 is 15.4 Å². The Bertz CT molecular complexity index is 996. The van der Waals surface area contributed by atoms with Crippen molar-refractivity contribution in [2.45, 2.75) is 33.4 Å². The molecule has 0 radical (unpaired) electrons. The molecule has 29 heavy (non-hydrogen) atoms. The molecule has 0 saturated heterocycles. The number of ether oxygens (including phenoxy) is 1. The van der Waals surface area contributed by atoms with Gasteiger partial charge in [0.15, 0.2) is 6.10 Å². The minimum atomic E-state index is -0.688. The zero-order chi connectivity index (χ0) is 20.8. The molecule has 0 aliphatic carbocycles. The van der Waals surface area contributed by atoms with Crippen molar-refractivity contribution < 1.29 is 18.7 Å². The fraction of sp³-hybridized carbons (Fsp3) is 0.217. The van der Waals surface area contributed by atoms with E-state index in [1.807, 2.05) is 32.0 Å². The van der Waals surface area contributed by atoms with E-state index in [-0.39, 0.29) is 11.8 Å². The molecule has 3 aromatic rings. The molecule has 1 aromatic heterocycles. The molecule has 6 nitrogen and oxygen atoms in total. The van der Waals surface area contributed by atoms with Crippen LogP contribution in [-0.2, 0) is 11.3 Å². The van der Waals surface area contributed by atoms with Crippen LogP contribution in [0.1, 0.15) is 34.2 Å². The van der Waals surface area contributed by atoms with E-state index in [0.717, 1.165) is 11.1 Å². The molecular formula is C23H24N2O4. The van der Waals surface area contributed by atoms with Crippen LogP contribution >= 0.6 is 0 Å². The summed E-state index contributed by atoms with van der Waals surface area (Å²) >= 11 is 0. The number of furan rings is 1. The summed E-state index contributed by atoms with van der Waals surface area (Å²) in [5, 5.41) is 5.58. The van der Waals surface area contributed by atoms with Gasteiger partial charge in [0, 0.05) is 11.3 Å². The molecule has 0 aliphatic rings. The maximum atomic E-state index is 12.5. The van der Waals surface area contributed by atoms with E-state index < -0.39 is 6.10 Å². The van der Waals surface area contributed by atoms with Crippen LogP contribution in [0.15, 0.2) is 65.3 Å². The molecule has 1 heterocycles. The number of carbonyl (C=O) groups is 2. The van der Waals surface area contributed by atoms with Gasteiger partial charge in [0.05, 0.1) is 12.8 Å². The van der Waals surface area contributed by atoms with E-state index in [4.69, 9.17) is 9.15 Å². The van der Waals surface area contributed by atoms with E-state index in [1.54, 1.807) is 49.6 Å². The molecule has 150 valence electrons. The normalized spacial score (nSPS) is 11.6. The average molecular weight is 392 g/mol. The van der Waals surface area contributed by atoms with Gasteiger partial charge in [-0.1, -0.05) is 18.2 Å². The summed E-state index contributed by atoms with van der Waals surface area (Å²) in [6.07, 6.45) is 0.867. The van der Waals surface area contributed by atoms with Crippen molar-refractivity contribution in [3.8, 4) is 5.75 Å². The Morgan fingerprint density at radius 3 is 2.66 bits per heavy atom. The van der Waals surface area contributed by atoms with Crippen LogP contribution in [0.5, 0.6) is 5.75 Å². The van der Waals surface area contributed by atoms with E-state index in [1.165, 1.54) is 0 Å². The van der Waals surface area contributed by atoms with Crippen molar-refractivity contribution >= 4 is 17.5 Å². The number of benzene rings is 2. The molecule has 0 spiro atoms. The maximum absolute atomic E-state index is 12.5. The number of hydrogen-bond donors (Lipinski definition) is 2. The van der Waals surface area contributed by atoms with Gasteiger partial charge >= 0.3 is 0 Å². The van der Waals surface area contributed by atoms with Gasteiger partial charge in [-0.15, -0.1) is 0 Å². The monoisotopic (exact) mass is 392 g/mol. The highest BCUT2D eigenvalue weighted by molar-refractivity contribution is 5.98. The molecule has 1 atom stereocenters. The lowest BCUT2D eigenvalue weighted by Crippen LogP contribution is -2.30.